The van der Waals surface area contributed by atoms with Gasteiger partial charge in [-0.2, -0.15) is 13.2 Å². The van der Waals surface area contributed by atoms with Gasteiger partial charge in [0.05, 0.1) is 18.3 Å². The van der Waals surface area contributed by atoms with Crippen molar-refractivity contribution in [2.45, 2.75) is 18.1 Å². The van der Waals surface area contributed by atoms with Crippen LogP contribution in [0.5, 0.6) is 0 Å². The first-order chi connectivity index (χ1) is 12.9. The molecule has 0 bridgehead atoms. The molecule has 3 aromatic heterocycles. The minimum Gasteiger partial charge on any atom is -0.384 e. The number of nitrogens with two attached hydrogens (primary N) is 1. The molecule has 0 aliphatic rings. The van der Waals surface area contributed by atoms with Crippen LogP contribution in [0, 0.1) is 0 Å². The number of halogens is 3. The van der Waals surface area contributed by atoms with E-state index in [0.717, 1.165) is 11.1 Å². The lowest BCUT2D eigenvalue weighted by molar-refractivity contribution is -0.126. The summed E-state index contributed by atoms with van der Waals surface area (Å²) in [5.74, 6) is -0.244. The minimum atomic E-state index is -4.37. The number of aromatic nitrogens is 3. The number of nitrogens with one attached hydrogen (secondary N) is 1. The van der Waals surface area contributed by atoms with Crippen molar-refractivity contribution in [3.8, 4) is 0 Å². The summed E-state index contributed by atoms with van der Waals surface area (Å²) in [6, 6.07) is 11.3. The van der Waals surface area contributed by atoms with Gasteiger partial charge in [-0.05, 0) is 35.4 Å². The van der Waals surface area contributed by atoms with Gasteiger partial charge in [-0.3, -0.25) is 15.3 Å². The molecule has 0 aromatic carbocycles. The van der Waals surface area contributed by atoms with Gasteiger partial charge in [0, 0.05) is 30.7 Å². The van der Waals surface area contributed by atoms with E-state index in [0.29, 0.717) is 5.69 Å². The Morgan fingerprint density at radius 1 is 0.926 bits per heavy atom. The third-order valence-electron chi connectivity index (χ3n) is 4.05. The average molecular weight is 373 g/mol. The Morgan fingerprint density at radius 2 is 1.56 bits per heavy atom. The zero-order valence-corrected chi connectivity index (χ0v) is 14.3. The molecule has 3 N–H and O–H groups in total. The summed E-state index contributed by atoms with van der Waals surface area (Å²) in [5.41, 5.74) is 7.67. The number of nitrogens with zero attached hydrogens (tertiary/aromatic N) is 3. The maximum atomic E-state index is 12.9. The van der Waals surface area contributed by atoms with Gasteiger partial charge < -0.3 is 5.73 Å². The lowest BCUT2D eigenvalue weighted by Crippen LogP contribution is -2.36. The molecule has 1 atom stereocenters. The molecule has 0 spiro atoms. The largest absolute Gasteiger partial charge is 0.401 e. The summed E-state index contributed by atoms with van der Waals surface area (Å²) in [6.07, 6.45) is 2.12. The fraction of sp³-hybridized carbons (Fsp3) is 0.211. The Kier molecular flexibility index (Phi) is 5.66. The molecule has 0 saturated carbocycles. The van der Waals surface area contributed by atoms with Crippen LogP contribution in [0.1, 0.15) is 28.8 Å². The van der Waals surface area contributed by atoms with Crippen LogP contribution in [0.15, 0.2) is 67.3 Å². The zero-order chi connectivity index (χ0) is 19.3. The van der Waals surface area contributed by atoms with Crippen LogP contribution in [0.25, 0.3) is 0 Å². The molecule has 27 heavy (non-hydrogen) atoms. The van der Waals surface area contributed by atoms with Gasteiger partial charge in [0.2, 0.25) is 0 Å². The van der Waals surface area contributed by atoms with E-state index in [9.17, 15) is 13.2 Å². The van der Waals surface area contributed by atoms with Crippen molar-refractivity contribution in [2.24, 2.45) is 0 Å². The fourth-order valence-electron chi connectivity index (χ4n) is 2.96. The molecule has 3 heterocycles. The number of nitrogen functional groups attached to an aromatic ring is 1. The lowest BCUT2D eigenvalue weighted by Gasteiger charge is -2.29. The van der Waals surface area contributed by atoms with Crippen molar-refractivity contribution >= 4 is 5.82 Å². The van der Waals surface area contributed by atoms with E-state index in [1.807, 2.05) is 12.1 Å². The second-order valence-electron chi connectivity index (χ2n) is 6.01. The van der Waals surface area contributed by atoms with Crippen molar-refractivity contribution < 1.29 is 13.2 Å². The van der Waals surface area contributed by atoms with Crippen LogP contribution < -0.4 is 11.1 Å². The predicted molar refractivity (Wildman–Crippen MR) is 95.8 cm³/mol. The highest BCUT2D eigenvalue weighted by atomic mass is 19.4. The minimum absolute atomic E-state index is 0.238. The summed E-state index contributed by atoms with van der Waals surface area (Å²) in [6.45, 7) is -1.16. The van der Waals surface area contributed by atoms with E-state index in [4.69, 9.17) is 5.73 Å². The molecule has 1 unspecified atom stereocenters. The topological polar surface area (TPSA) is 76.7 Å². The van der Waals surface area contributed by atoms with E-state index < -0.39 is 24.7 Å². The van der Waals surface area contributed by atoms with Crippen molar-refractivity contribution in [1.29, 1.82) is 0 Å². The van der Waals surface area contributed by atoms with Gasteiger partial charge in [0.1, 0.15) is 5.82 Å². The summed E-state index contributed by atoms with van der Waals surface area (Å²) in [7, 11) is 0. The van der Waals surface area contributed by atoms with E-state index in [-0.39, 0.29) is 5.82 Å². The van der Waals surface area contributed by atoms with Gasteiger partial charge in [-0.25, -0.2) is 4.98 Å². The maximum absolute atomic E-state index is 12.9. The maximum Gasteiger partial charge on any atom is 0.401 e. The number of hydrogen-bond donors (Lipinski definition) is 2. The molecule has 0 fully saturated rings. The molecule has 5 nitrogen and oxygen atoms in total. The highest BCUT2D eigenvalue weighted by Crippen LogP contribution is 2.36. The van der Waals surface area contributed by atoms with Crippen molar-refractivity contribution in [3.63, 3.8) is 0 Å². The molecular formula is C19H18F3N5. The summed E-state index contributed by atoms with van der Waals surface area (Å²) in [5, 5.41) is 2.60. The Bertz CT molecular complexity index is 816. The molecule has 0 aliphatic carbocycles. The van der Waals surface area contributed by atoms with Crippen LogP contribution in [0.3, 0.4) is 0 Å². The van der Waals surface area contributed by atoms with Gasteiger partial charge in [0.15, 0.2) is 0 Å². The Balaban J connectivity index is 2.09. The molecular weight excluding hydrogens is 355 g/mol. The first-order valence-electron chi connectivity index (χ1n) is 8.26. The average Bonchev–Trinajstić information content (AvgIpc) is 2.66. The number of rotatable bonds is 6. The first-order valence-corrected chi connectivity index (χ1v) is 8.26. The second-order valence-corrected chi connectivity index (χ2v) is 6.01. The Hall–Kier alpha value is -3.00. The van der Waals surface area contributed by atoms with Gasteiger partial charge in [-0.15, -0.1) is 0 Å². The van der Waals surface area contributed by atoms with Crippen LogP contribution in [0.2, 0.25) is 0 Å². The Labute approximate surface area is 154 Å². The number of pyridine rings is 3. The monoisotopic (exact) mass is 373 g/mol. The van der Waals surface area contributed by atoms with E-state index in [2.05, 4.69) is 20.3 Å². The van der Waals surface area contributed by atoms with Crippen LogP contribution >= 0.6 is 0 Å². The van der Waals surface area contributed by atoms with Gasteiger partial charge in [0.25, 0.3) is 0 Å². The quantitative estimate of drug-likeness (QED) is 0.692. The molecule has 0 aliphatic heterocycles. The zero-order valence-electron chi connectivity index (χ0n) is 14.3. The van der Waals surface area contributed by atoms with Crippen molar-refractivity contribution in [2.75, 3.05) is 12.3 Å². The third kappa shape index (κ3) is 5.01. The predicted octanol–water partition coefficient (Wildman–Crippen LogP) is 3.48. The number of hydrogen-bond acceptors (Lipinski definition) is 5. The summed E-state index contributed by atoms with van der Waals surface area (Å²) in [4.78, 5) is 12.5. The van der Waals surface area contributed by atoms with E-state index >= 15 is 0 Å². The number of alkyl halides is 3. The molecule has 0 radical (unpaired) electrons. The molecule has 3 aromatic rings. The standard InChI is InChI=1S/C19H18F3N5/c20-19(21,22)12-26-18(15-6-1-7-16(23)27-15)17(13-4-2-8-24-10-13)14-5-3-9-25-11-14/h1-11,17-18,26H,12H2,(H2,23,27). The first kappa shape index (κ1) is 18.8. The molecule has 3 rings (SSSR count). The van der Waals surface area contributed by atoms with Crippen molar-refractivity contribution in [3.05, 3.63) is 84.1 Å². The van der Waals surface area contributed by atoms with E-state index in [1.54, 1.807) is 55.1 Å². The summed E-state index contributed by atoms with van der Waals surface area (Å²) >= 11 is 0. The van der Waals surface area contributed by atoms with Crippen molar-refractivity contribution in [1.82, 2.24) is 20.3 Å². The Morgan fingerprint density at radius 3 is 2.04 bits per heavy atom. The van der Waals surface area contributed by atoms with Crippen LogP contribution in [-0.4, -0.2) is 27.7 Å². The molecule has 140 valence electrons. The summed E-state index contributed by atoms with van der Waals surface area (Å²) < 4.78 is 38.8. The number of anilines is 1. The van der Waals surface area contributed by atoms with Crippen LogP contribution in [-0.2, 0) is 0 Å². The smallest absolute Gasteiger partial charge is 0.384 e. The van der Waals surface area contributed by atoms with Gasteiger partial charge >= 0.3 is 6.18 Å². The SMILES string of the molecule is Nc1cccc(C(NCC(F)(F)F)C(c2cccnc2)c2cccnc2)n1. The van der Waals surface area contributed by atoms with Crippen LogP contribution in [0.4, 0.5) is 19.0 Å². The van der Waals surface area contributed by atoms with E-state index in [1.165, 1.54) is 0 Å². The highest BCUT2D eigenvalue weighted by molar-refractivity contribution is 5.36. The molecule has 0 amide bonds. The highest BCUT2D eigenvalue weighted by Gasteiger charge is 2.33. The molecule has 0 saturated heterocycles. The third-order valence-corrected chi connectivity index (χ3v) is 4.05. The van der Waals surface area contributed by atoms with Gasteiger partial charge in [-0.1, -0.05) is 18.2 Å². The molecule has 8 heteroatoms. The lowest BCUT2D eigenvalue weighted by atomic mass is 9.84. The second kappa shape index (κ2) is 8.13. The fourth-order valence-corrected chi connectivity index (χ4v) is 2.96. The normalized spacial score (nSPS) is 12.9.